The van der Waals surface area contributed by atoms with Crippen LogP contribution in [0.4, 0.5) is 4.39 Å². The second-order valence-electron chi connectivity index (χ2n) is 7.91. The van der Waals surface area contributed by atoms with E-state index in [9.17, 15) is 9.18 Å². The minimum atomic E-state index is -0.312. The van der Waals surface area contributed by atoms with Gasteiger partial charge < -0.3 is 9.42 Å². The molecule has 0 unspecified atom stereocenters. The molecular formula is C27H26FN3O2. The molecule has 168 valence electrons. The molecule has 0 N–H and O–H groups in total. The molecule has 0 saturated carbocycles. The molecule has 0 aliphatic carbocycles. The minimum Gasteiger partial charge on any atom is -0.339 e. The summed E-state index contributed by atoms with van der Waals surface area (Å²) in [6, 6.07) is 26.2. The fourth-order valence-electron chi connectivity index (χ4n) is 3.63. The number of amides is 1. The van der Waals surface area contributed by atoms with Crippen LogP contribution in [0.3, 0.4) is 0 Å². The minimum absolute atomic E-state index is 0.105. The quantitative estimate of drug-likeness (QED) is 0.326. The lowest BCUT2D eigenvalue weighted by Gasteiger charge is -2.23. The first kappa shape index (κ1) is 22.4. The number of rotatable bonds is 10. The smallest absolute Gasteiger partial charge is 0.226 e. The van der Waals surface area contributed by atoms with Gasteiger partial charge >= 0.3 is 0 Å². The summed E-state index contributed by atoms with van der Waals surface area (Å²) in [7, 11) is 0. The van der Waals surface area contributed by atoms with Crippen molar-refractivity contribution < 1.29 is 13.7 Å². The lowest BCUT2D eigenvalue weighted by atomic mass is 10.1. The van der Waals surface area contributed by atoms with Gasteiger partial charge in [-0.25, -0.2) is 4.39 Å². The van der Waals surface area contributed by atoms with E-state index >= 15 is 0 Å². The lowest BCUT2D eigenvalue weighted by Crippen LogP contribution is -2.32. The molecule has 0 saturated heterocycles. The van der Waals surface area contributed by atoms with Crippen molar-refractivity contribution >= 4 is 5.91 Å². The van der Waals surface area contributed by atoms with Gasteiger partial charge in [0.2, 0.25) is 17.6 Å². The van der Waals surface area contributed by atoms with Gasteiger partial charge in [0, 0.05) is 31.5 Å². The maximum absolute atomic E-state index is 13.1. The molecule has 1 aromatic heterocycles. The molecular weight excluding hydrogens is 417 g/mol. The van der Waals surface area contributed by atoms with E-state index in [1.165, 1.54) is 17.7 Å². The maximum atomic E-state index is 13.1. The van der Waals surface area contributed by atoms with E-state index in [0.717, 1.165) is 12.0 Å². The number of nitrogens with zero attached hydrogens (tertiary/aromatic N) is 3. The molecule has 0 aliphatic rings. The summed E-state index contributed by atoms with van der Waals surface area (Å²) in [5.74, 6) is 0.687. The van der Waals surface area contributed by atoms with Crippen LogP contribution in [0.1, 0.15) is 29.9 Å². The Hall–Kier alpha value is -3.80. The van der Waals surface area contributed by atoms with Gasteiger partial charge in [0.1, 0.15) is 5.82 Å². The first-order valence-electron chi connectivity index (χ1n) is 11.1. The van der Waals surface area contributed by atoms with Crippen LogP contribution in [0.5, 0.6) is 0 Å². The number of carbonyl (C=O) groups is 1. The Labute approximate surface area is 192 Å². The highest BCUT2D eigenvalue weighted by atomic mass is 19.1. The van der Waals surface area contributed by atoms with E-state index in [1.807, 2.05) is 53.4 Å². The fraction of sp³-hybridized carbons (Fsp3) is 0.222. The number of benzene rings is 3. The molecule has 3 aromatic carbocycles. The molecule has 0 radical (unpaired) electrons. The molecule has 4 rings (SSSR count). The maximum Gasteiger partial charge on any atom is 0.226 e. The van der Waals surface area contributed by atoms with Crippen molar-refractivity contribution in [3.63, 3.8) is 0 Å². The van der Waals surface area contributed by atoms with Gasteiger partial charge in [0.25, 0.3) is 0 Å². The Morgan fingerprint density at radius 2 is 1.52 bits per heavy atom. The van der Waals surface area contributed by atoms with Gasteiger partial charge in [0.15, 0.2) is 0 Å². The van der Waals surface area contributed by atoms with E-state index in [-0.39, 0.29) is 11.7 Å². The Balaban J connectivity index is 1.33. The Kier molecular flexibility index (Phi) is 7.59. The second-order valence-corrected chi connectivity index (χ2v) is 7.91. The SMILES string of the molecule is O=C(CCCc1nc(-c2ccc(F)cc2)no1)N(CCc1ccccc1)Cc1ccccc1. The van der Waals surface area contributed by atoms with Gasteiger partial charge in [-0.3, -0.25) is 4.79 Å². The molecule has 0 aliphatic heterocycles. The number of aryl methyl sites for hydroxylation is 1. The summed E-state index contributed by atoms with van der Waals surface area (Å²) in [5.41, 5.74) is 3.01. The van der Waals surface area contributed by atoms with Crippen molar-refractivity contribution in [3.05, 3.63) is 108 Å². The van der Waals surface area contributed by atoms with E-state index in [1.54, 1.807) is 12.1 Å². The van der Waals surface area contributed by atoms with Gasteiger partial charge in [0.05, 0.1) is 0 Å². The molecule has 4 aromatic rings. The average Bonchev–Trinajstić information content (AvgIpc) is 3.32. The number of aromatic nitrogens is 2. The van der Waals surface area contributed by atoms with Crippen LogP contribution >= 0.6 is 0 Å². The van der Waals surface area contributed by atoms with Gasteiger partial charge in [-0.05, 0) is 48.2 Å². The average molecular weight is 444 g/mol. The van der Waals surface area contributed by atoms with Gasteiger partial charge in [-0.2, -0.15) is 4.98 Å². The van der Waals surface area contributed by atoms with Crippen LogP contribution in [0, 0.1) is 5.82 Å². The second kappa shape index (κ2) is 11.2. The van der Waals surface area contributed by atoms with E-state index in [2.05, 4.69) is 22.3 Å². The van der Waals surface area contributed by atoms with Crippen molar-refractivity contribution in [2.45, 2.75) is 32.2 Å². The van der Waals surface area contributed by atoms with Crippen molar-refractivity contribution in [2.75, 3.05) is 6.54 Å². The zero-order valence-electron chi connectivity index (χ0n) is 18.4. The van der Waals surface area contributed by atoms with E-state index in [4.69, 9.17) is 4.52 Å². The molecule has 0 bridgehead atoms. The number of hydrogen-bond donors (Lipinski definition) is 0. The number of halogens is 1. The largest absolute Gasteiger partial charge is 0.339 e. The van der Waals surface area contributed by atoms with E-state index < -0.39 is 0 Å². The highest BCUT2D eigenvalue weighted by Crippen LogP contribution is 2.17. The summed E-state index contributed by atoms with van der Waals surface area (Å²) in [5, 5.41) is 3.96. The molecule has 0 fully saturated rings. The molecule has 0 atom stereocenters. The standard InChI is InChI=1S/C27H26FN3O2/c28-24-16-14-23(15-17-24)27-29-25(33-30-27)12-7-13-26(32)31(20-22-10-5-2-6-11-22)19-18-21-8-3-1-4-9-21/h1-6,8-11,14-17H,7,12-13,18-20H2. The Bertz CT molecular complexity index is 1140. The fourth-order valence-corrected chi connectivity index (χ4v) is 3.63. The van der Waals surface area contributed by atoms with Crippen LogP contribution in [-0.2, 0) is 24.2 Å². The summed E-state index contributed by atoms with van der Waals surface area (Å²) >= 11 is 0. The molecule has 0 spiro atoms. The highest BCUT2D eigenvalue weighted by molar-refractivity contribution is 5.76. The Morgan fingerprint density at radius 1 is 0.848 bits per heavy atom. The molecule has 6 heteroatoms. The molecule has 33 heavy (non-hydrogen) atoms. The topological polar surface area (TPSA) is 59.2 Å². The highest BCUT2D eigenvalue weighted by Gasteiger charge is 2.15. The molecule has 5 nitrogen and oxygen atoms in total. The third-order valence-electron chi connectivity index (χ3n) is 5.43. The first-order valence-corrected chi connectivity index (χ1v) is 11.1. The molecule has 1 amide bonds. The predicted molar refractivity (Wildman–Crippen MR) is 125 cm³/mol. The van der Waals surface area contributed by atoms with Crippen molar-refractivity contribution in [2.24, 2.45) is 0 Å². The van der Waals surface area contributed by atoms with Crippen molar-refractivity contribution in [1.29, 1.82) is 0 Å². The van der Waals surface area contributed by atoms with Crippen LogP contribution in [0.15, 0.2) is 89.5 Å². The summed E-state index contributed by atoms with van der Waals surface area (Å²) < 4.78 is 18.4. The number of carbonyl (C=O) groups excluding carboxylic acids is 1. The molecule has 1 heterocycles. The normalized spacial score (nSPS) is 10.8. The summed E-state index contributed by atoms with van der Waals surface area (Å²) in [4.78, 5) is 19.3. The summed E-state index contributed by atoms with van der Waals surface area (Å²) in [6.45, 7) is 1.24. The lowest BCUT2D eigenvalue weighted by molar-refractivity contribution is -0.131. The van der Waals surface area contributed by atoms with Crippen LogP contribution in [-0.4, -0.2) is 27.5 Å². The summed E-state index contributed by atoms with van der Waals surface area (Å²) in [6.07, 6.45) is 2.33. The van der Waals surface area contributed by atoms with Crippen LogP contribution in [0.25, 0.3) is 11.4 Å². The van der Waals surface area contributed by atoms with Crippen molar-refractivity contribution in [3.8, 4) is 11.4 Å². The predicted octanol–water partition coefficient (Wildman–Crippen LogP) is 5.47. The monoisotopic (exact) mass is 443 g/mol. The Morgan fingerprint density at radius 3 is 2.21 bits per heavy atom. The van der Waals surface area contributed by atoms with Gasteiger partial charge in [-0.1, -0.05) is 65.8 Å². The first-order chi connectivity index (χ1) is 16.2. The zero-order valence-corrected chi connectivity index (χ0v) is 18.4. The van der Waals surface area contributed by atoms with Crippen molar-refractivity contribution in [1.82, 2.24) is 15.0 Å². The third kappa shape index (κ3) is 6.59. The van der Waals surface area contributed by atoms with Gasteiger partial charge in [-0.15, -0.1) is 0 Å². The number of hydrogen-bond acceptors (Lipinski definition) is 4. The van der Waals surface area contributed by atoms with Crippen LogP contribution in [0.2, 0.25) is 0 Å². The van der Waals surface area contributed by atoms with E-state index in [0.29, 0.717) is 49.6 Å². The zero-order chi connectivity index (χ0) is 22.9. The van der Waals surface area contributed by atoms with Crippen LogP contribution < -0.4 is 0 Å². The third-order valence-corrected chi connectivity index (χ3v) is 5.43.